The van der Waals surface area contributed by atoms with Crippen molar-refractivity contribution in [2.45, 2.75) is 13.8 Å². The van der Waals surface area contributed by atoms with Crippen molar-refractivity contribution in [2.75, 3.05) is 0 Å². The minimum absolute atomic E-state index is 0.631. The zero-order chi connectivity index (χ0) is 19.4. The Kier molecular flexibility index (Phi) is 9.05. The van der Waals surface area contributed by atoms with Gasteiger partial charge in [0.15, 0.2) is 0 Å². The summed E-state index contributed by atoms with van der Waals surface area (Å²) in [4.78, 5) is 8.71. The smallest absolute Gasteiger partial charge is 0.116 e. The van der Waals surface area contributed by atoms with Gasteiger partial charge in [0.05, 0.1) is 11.0 Å². The second-order valence-corrected chi connectivity index (χ2v) is 5.54. The molecule has 0 aliphatic heterocycles. The third kappa shape index (κ3) is 7.54. The minimum Gasteiger partial charge on any atom is -0.238 e. The number of nitrogens with zero attached hydrogens (tertiary/aromatic N) is 2. The number of allylic oxidation sites excluding steroid dienone is 10. The summed E-state index contributed by atoms with van der Waals surface area (Å²) in [5.41, 5.74) is 3.33. The molecule has 1 rings (SSSR count). The van der Waals surface area contributed by atoms with E-state index in [0.717, 1.165) is 21.9 Å². The highest BCUT2D eigenvalue weighted by atomic mass is 14.8. The van der Waals surface area contributed by atoms with Gasteiger partial charge in [-0.3, -0.25) is 0 Å². The van der Waals surface area contributed by atoms with Crippen LogP contribution in [0.15, 0.2) is 97.4 Å². The molecule has 0 unspecified atom stereocenters. The third-order valence-electron chi connectivity index (χ3n) is 3.26. The van der Waals surface area contributed by atoms with Crippen LogP contribution in [0.1, 0.15) is 19.5 Å². The molecule has 0 aromatic carbocycles. The summed E-state index contributed by atoms with van der Waals surface area (Å²) in [5.74, 6) is 0. The second kappa shape index (κ2) is 11.3. The number of hydrogen-bond acceptors (Lipinski definition) is 2. The first-order valence-electron chi connectivity index (χ1n) is 8.34. The van der Waals surface area contributed by atoms with E-state index >= 15 is 0 Å². The van der Waals surface area contributed by atoms with Crippen LogP contribution in [0.5, 0.6) is 0 Å². The van der Waals surface area contributed by atoms with Gasteiger partial charge >= 0.3 is 0 Å². The SMILES string of the molecule is C=C(/C=C\C)/C=C\C(=C/C(=C)/C=C\C)c1ncnc(=C)ccccc1=C. The maximum Gasteiger partial charge on any atom is 0.116 e. The molecule has 1 aromatic rings. The van der Waals surface area contributed by atoms with Crippen LogP contribution in [0.3, 0.4) is 0 Å². The minimum atomic E-state index is 0.631. The highest BCUT2D eigenvalue weighted by Crippen LogP contribution is 2.14. The monoisotopic (exact) mass is 342 g/mol. The van der Waals surface area contributed by atoms with Gasteiger partial charge in [-0.15, -0.1) is 0 Å². The lowest BCUT2D eigenvalue weighted by atomic mass is 10.1. The van der Waals surface area contributed by atoms with Gasteiger partial charge in [-0.25, -0.2) is 9.97 Å². The van der Waals surface area contributed by atoms with E-state index in [1.54, 1.807) is 0 Å². The predicted molar refractivity (Wildman–Crippen MR) is 115 cm³/mol. The van der Waals surface area contributed by atoms with Gasteiger partial charge < -0.3 is 0 Å². The highest BCUT2D eigenvalue weighted by molar-refractivity contribution is 5.75. The van der Waals surface area contributed by atoms with E-state index in [2.05, 4.69) is 36.3 Å². The van der Waals surface area contributed by atoms with E-state index in [1.165, 1.54) is 6.33 Å². The predicted octanol–water partition coefficient (Wildman–Crippen LogP) is 4.63. The van der Waals surface area contributed by atoms with Gasteiger partial charge in [0.2, 0.25) is 0 Å². The van der Waals surface area contributed by atoms with Crippen LogP contribution in [0, 0.1) is 0 Å². The van der Waals surface area contributed by atoms with Crippen molar-refractivity contribution in [2.24, 2.45) is 0 Å². The molecular weight excluding hydrogens is 316 g/mol. The molecule has 132 valence electrons. The molecule has 0 aliphatic rings. The molecule has 0 radical (unpaired) electrons. The summed E-state index contributed by atoms with van der Waals surface area (Å²) < 4.78 is 0. The van der Waals surface area contributed by atoms with Crippen molar-refractivity contribution in [3.05, 3.63) is 114 Å². The molecule has 1 aromatic heterocycles. The zero-order valence-corrected chi connectivity index (χ0v) is 15.7. The number of hydrogen-bond donors (Lipinski definition) is 0. The standard InChI is InChI=1S/C24H26N2/c1-7-11-19(3)15-16-23(17-20(4)12-8-2)24-21(5)13-9-10-14-22(6)25-18-26-24/h7-18H,3-6H2,1-2H3/b11-7-,12-8-,13-9?,14-10?,16-15-,23-17+,25-18?,26-24?. The lowest BCUT2D eigenvalue weighted by Gasteiger charge is -2.02. The van der Waals surface area contributed by atoms with E-state index in [0.29, 0.717) is 11.0 Å². The topological polar surface area (TPSA) is 25.8 Å². The Hall–Kier alpha value is -3.26. The van der Waals surface area contributed by atoms with Gasteiger partial charge in [0, 0.05) is 5.57 Å². The molecule has 0 N–H and O–H groups in total. The first-order chi connectivity index (χ1) is 12.5. The Morgan fingerprint density at radius 3 is 2.19 bits per heavy atom. The molecule has 1 heterocycles. The van der Waals surface area contributed by atoms with Crippen molar-refractivity contribution in [1.82, 2.24) is 9.97 Å². The van der Waals surface area contributed by atoms with Gasteiger partial charge in [-0.2, -0.15) is 0 Å². The average molecular weight is 342 g/mol. The molecule has 0 spiro atoms. The third-order valence-corrected chi connectivity index (χ3v) is 3.26. The van der Waals surface area contributed by atoms with Crippen LogP contribution in [0.4, 0.5) is 0 Å². The summed E-state index contributed by atoms with van der Waals surface area (Å²) in [6.07, 6.45) is 15.1. The molecule has 2 heteroatoms. The van der Waals surface area contributed by atoms with E-state index in [9.17, 15) is 0 Å². The summed E-state index contributed by atoms with van der Waals surface area (Å²) in [7, 11) is 0. The van der Waals surface area contributed by atoms with Gasteiger partial charge in [-0.05, 0) is 42.4 Å². The average Bonchev–Trinajstić information content (AvgIpc) is 2.59. The van der Waals surface area contributed by atoms with Crippen LogP contribution >= 0.6 is 0 Å². The summed E-state index contributed by atoms with van der Waals surface area (Å²) in [6, 6.07) is 7.49. The van der Waals surface area contributed by atoms with Crippen molar-refractivity contribution in [1.29, 1.82) is 0 Å². The van der Waals surface area contributed by atoms with Crippen molar-refractivity contribution in [3.63, 3.8) is 0 Å². The van der Waals surface area contributed by atoms with Gasteiger partial charge in [0.25, 0.3) is 0 Å². The molecule has 0 fully saturated rings. The van der Waals surface area contributed by atoms with E-state index < -0.39 is 0 Å². The molecule has 0 saturated carbocycles. The summed E-state index contributed by atoms with van der Waals surface area (Å²) in [6.45, 7) is 20.0. The maximum absolute atomic E-state index is 4.50. The largest absolute Gasteiger partial charge is 0.238 e. The maximum atomic E-state index is 4.50. The van der Waals surface area contributed by atoms with Crippen LogP contribution in [0.2, 0.25) is 0 Å². The molecule has 0 amide bonds. The first kappa shape index (κ1) is 20.8. The van der Waals surface area contributed by atoms with Crippen LogP contribution in [0.25, 0.3) is 18.7 Å². The highest BCUT2D eigenvalue weighted by Gasteiger charge is 2.00. The Labute approximate surface area is 156 Å². The number of aromatic nitrogens is 2. The van der Waals surface area contributed by atoms with Gasteiger partial charge in [-0.1, -0.05) is 81.0 Å². The molecule has 0 atom stereocenters. The van der Waals surface area contributed by atoms with E-state index in [-0.39, 0.29) is 0 Å². The van der Waals surface area contributed by atoms with Crippen molar-refractivity contribution in [3.8, 4) is 0 Å². The lowest BCUT2D eigenvalue weighted by Crippen LogP contribution is -2.07. The molecular formula is C24H26N2. The van der Waals surface area contributed by atoms with Crippen molar-refractivity contribution < 1.29 is 0 Å². The molecule has 0 aliphatic carbocycles. The second-order valence-electron chi connectivity index (χ2n) is 5.54. The van der Waals surface area contributed by atoms with Crippen molar-refractivity contribution >= 4 is 18.7 Å². The molecule has 0 saturated heterocycles. The van der Waals surface area contributed by atoms with E-state index in [1.807, 2.05) is 80.6 Å². The first-order valence-corrected chi connectivity index (χ1v) is 8.34. The van der Waals surface area contributed by atoms with Crippen LogP contribution in [-0.2, 0) is 0 Å². The Morgan fingerprint density at radius 2 is 1.50 bits per heavy atom. The number of rotatable bonds is 6. The summed E-state index contributed by atoms with van der Waals surface area (Å²) in [5, 5.41) is 1.40. The fourth-order valence-electron chi connectivity index (χ4n) is 2.09. The van der Waals surface area contributed by atoms with Crippen LogP contribution < -0.4 is 10.6 Å². The molecule has 26 heavy (non-hydrogen) atoms. The Bertz CT molecular complexity index is 927. The normalized spacial score (nSPS) is 11.8. The molecule has 2 nitrogen and oxygen atoms in total. The zero-order valence-electron chi connectivity index (χ0n) is 15.7. The fraction of sp³-hybridized carbons (Fsp3) is 0.0833. The van der Waals surface area contributed by atoms with E-state index in [4.69, 9.17) is 0 Å². The quantitative estimate of drug-likeness (QED) is 0.705. The lowest BCUT2D eigenvalue weighted by molar-refractivity contribution is 1.14. The fourth-order valence-corrected chi connectivity index (χ4v) is 2.09. The molecule has 0 bridgehead atoms. The van der Waals surface area contributed by atoms with Gasteiger partial charge in [0.1, 0.15) is 6.33 Å². The Morgan fingerprint density at radius 1 is 0.846 bits per heavy atom. The van der Waals surface area contributed by atoms with Crippen LogP contribution in [-0.4, -0.2) is 9.97 Å². The Balaban J connectivity index is 3.63. The summed E-state index contributed by atoms with van der Waals surface area (Å²) >= 11 is 0.